The van der Waals surface area contributed by atoms with Crippen molar-refractivity contribution >= 4 is 23.7 Å². The Balaban J connectivity index is 0.000000433. The molecule has 0 radical (unpaired) electrons. The van der Waals surface area contributed by atoms with Gasteiger partial charge in [0.05, 0.1) is 19.1 Å². The molecule has 1 aliphatic rings. The Hall–Kier alpha value is -2.06. The zero-order valence-corrected chi connectivity index (χ0v) is 12.3. The first-order chi connectivity index (χ1) is 10.1. The van der Waals surface area contributed by atoms with E-state index >= 15 is 0 Å². The molecule has 1 saturated carbocycles. The molecule has 0 aromatic carbocycles. The SMILES string of the molecule is CCOC(=O)CC(=O)C1CC1(F)F.CCOC(=O)CC(=O)O. The van der Waals surface area contributed by atoms with E-state index in [1.54, 1.807) is 13.8 Å². The zero-order chi connectivity index (χ0) is 17.3. The van der Waals surface area contributed by atoms with E-state index < -0.39 is 54.8 Å². The van der Waals surface area contributed by atoms with Crippen LogP contribution in [0, 0.1) is 5.92 Å². The van der Waals surface area contributed by atoms with Gasteiger partial charge in [-0.1, -0.05) is 0 Å². The number of hydrogen-bond acceptors (Lipinski definition) is 6. The molecular weight excluding hydrogens is 306 g/mol. The van der Waals surface area contributed by atoms with Crippen LogP contribution >= 0.6 is 0 Å². The zero-order valence-electron chi connectivity index (χ0n) is 12.3. The lowest BCUT2D eigenvalue weighted by Crippen LogP contribution is -2.15. The van der Waals surface area contributed by atoms with Gasteiger partial charge in [-0.05, 0) is 13.8 Å². The first-order valence-corrected chi connectivity index (χ1v) is 6.57. The van der Waals surface area contributed by atoms with Gasteiger partial charge in [0.1, 0.15) is 12.8 Å². The molecule has 0 aromatic rings. The number of esters is 2. The summed E-state index contributed by atoms with van der Waals surface area (Å²) in [6, 6.07) is 0. The fraction of sp³-hybridized carbons (Fsp3) is 0.692. The highest BCUT2D eigenvalue weighted by Gasteiger charge is 2.60. The maximum atomic E-state index is 12.3. The summed E-state index contributed by atoms with van der Waals surface area (Å²) in [6.07, 6.45) is -1.51. The third-order valence-corrected chi connectivity index (χ3v) is 2.44. The van der Waals surface area contributed by atoms with Crippen LogP contribution in [0.25, 0.3) is 0 Å². The Morgan fingerprint density at radius 1 is 1.05 bits per heavy atom. The van der Waals surface area contributed by atoms with Crippen molar-refractivity contribution in [2.24, 2.45) is 5.92 Å². The monoisotopic (exact) mass is 324 g/mol. The van der Waals surface area contributed by atoms with Gasteiger partial charge in [0.15, 0.2) is 5.78 Å². The third-order valence-electron chi connectivity index (χ3n) is 2.44. The molecule has 0 heterocycles. The molecule has 0 aromatic heterocycles. The average molecular weight is 324 g/mol. The number of carbonyl (C=O) groups excluding carboxylic acids is 3. The highest BCUT2D eigenvalue weighted by atomic mass is 19.3. The Kier molecular flexibility index (Phi) is 8.21. The topological polar surface area (TPSA) is 107 Å². The molecule has 1 atom stereocenters. The van der Waals surface area contributed by atoms with E-state index in [4.69, 9.17) is 5.11 Å². The largest absolute Gasteiger partial charge is 0.481 e. The summed E-state index contributed by atoms with van der Waals surface area (Å²) < 4.78 is 33.4. The van der Waals surface area contributed by atoms with Gasteiger partial charge in [-0.2, -0.15) is 0 Å². The summed E-state index contributed by atoms with van der Waals surface area (Å²) >= 11 is 0. The van der Waals surface area contributed by atoms with Crippen molar-refractivity contribution in [3.63, 3.8) is 0 Å². The molecule has 1 N–H and O–H groups in total. The summed E-state index contributed by atoms with van der Waals surface area (Å²) in [4.78, 5) is 41.7. The van der Waals surface area contributed by atoms with Crippen molar-refractivity contribution in [3.8, 4) is 0 Å². The number of carboxylic acid groups (broad SMARTS) is 1. The Labute approximate surface area is 125 Å². The van der Waals surface area contributed by atoms with Gasteiger partial charge in [-0.25, -0.2) is 8.78 Å². The van der Waals surface area contributed by atoms with Crippen LogP contribution in [-0.2, 0) is 28.7 Å². The standard InChI is InChI=1S/C8H10F2O3.C5H8O4/c1-2-13-7(12)3-6(11)5-4-8(5,9)10;1-2-9-5(8)3-4(6)7/h5H,2-4H2,1H3;2-3H2,1H3,(H,6,7). The lowest BCUT2D eigenvalue weighted by Gasteiger charge is -1.99. The second-order valence-corrected chi connectivity index (χ2v) is 4.34. The van der Waals surface area contributed by atoms with Crippen LogP contribution in [0.15, 0.2) is 0 Å². The van der Waals surface area contributed by atoms with Gasteiger partial charge in [0.2, 0.25) is 0 Å². The number of ketones is 1. The van der Waals surface area contributed by atoms with Crippen LogP contribution in [0.5, 0.6) is 0 Å². The number of carbonyl (C=O) groups is 4. The summed E-state index contributed by atoms with van der Waals surface area (Å²) in [5, 5.41) is 8.01. The Morgan fingerprint density at radius 3 is 1.77 bits per heavy atom. The van der Waals surface area contributed by atoms with Crippen molar-refractivity contribution < 1.29 is 42.5 Å². The first kappa shape index (κ1) is 19.9. The number of alkyl halides is 2. The predicted octanol–water partition coefficient (Wildman–Crippen LogP) is 1.19. The maximum absolute atomic E-state index is 12.3. The van der Waals surface area contributed by atoms with Crippen molar-refractivity contribution in [2.75, 3.05) is 13.2 Å². The summed E-state index contributed by atoms with van der Waals surface area (Å²) in [7, 11) is 0. The van der Waals surface area contributed by atoms with Gasteiger partial charge in [0, 0.05) is 6.42 Å². The number of rotatable bonds is 7. The van der Waals surface area contributed by atoms with Gasteiger partial charge < -0.3 is 14.6 Å². The summed E-state index contributed by atoms with van der Waals surface area (Å²) in [5.74, 6) is -7.43. The van der Waals surface area contributed by atoms with Crippen molar-refractivity contribution in [1.82, 2.24) is 0 Å². The van der Waals surface area contributed by atoms with E-state index in [0.717, 1.165) is 0 Å². The molecule has 0 amide bonds. The molecule has 1 unspecified atom stereocenters. The second kappa shape index (κ2) is 9.06. The minimum Gasteiger partial charge on any atom is -0.481 e. The molecule has 1 fully saturated rings. The number of Topliss-reactive ketones (excluding diaryl/α,β-unsaturated/α-hetero) is 1. The van der Waals surface area contributed by atoms with Gasteiger partial charge >= 0.3 is 17.9 Å². The lowest BCUT2D eigenvalue weighted by molar-refractivity contribution is -0.151. The molecule has 0 saturated heterocycles. The van der Waals surface area contributed by atoms with Crippen molar-refractivity contribution in [1.29, 1.82) is 0 Å². The minimum absolute atomic E-state index is 0.160. The quantitative estimate of drug-likeness (QED) is 0.553. The van der Waals surface area contributed by atoms with Gasteiger partial charge in [-0.3, -0.25) is 19.2 Å². The molecule has 1 aliphatic carbocycles. The minimum atomic E-state index is -2.89. The molecule has 22 heavy (non-hydrogen) atoms. The number of halogens is 2. The van der Waals surface area contributed by atoms with Crippen LogP contribution in [0.3, 0.4) is 0 Å². The van der Waals surface area contributed by atoms with Crippen LogP contribution < -0.4 is 0 Å². The number of carboxylic acids is 1. The molecule has 0 aliphatic heterocycles. The Morgan fingerprint density at radius 2 is 1.45 bits per heavy atom. The van der Waals surface area contributed by atoms with Gasteiger partial charge in [-0.15, -0.1) is 0 Å². The fourth-order valence-corrected chi connectivity index (χ4v) is 1.38. The molecule has 0 spiro atoms. The number of ether oxygens (including phenoxy) is 2. The third kappa shape index (κ3) is 8.28. The summed E-state index contributed by atoms with van der Waals surface area (Å²) in [5.41, 5.74) is 0. The van der Waals surface area contributed by atoms with Crippen LogP contribution in [0.2, 0.25) is 0 Å². The number of hydrogen-bond donors (Lipinski definition) is 1. The Bertz CT molecular complexity index is 434. The summed E-state index contributed by atoms with van der Waals surface area (Å²) in [6.45, 7) is 3.60. The van der Waals surface area contributed by atoms with E-state index in [-0.39, 0.29) is 13.2 Å². The molecule has 126 valence electrons. The van der Waals surface area contributed by atoms with Crippen LogP contribution in [0.1, 0.15) is 33.1 Å². The highest BCUT2D eigenvalue weighted by molar-refractivity contribution is 5.98. The number of aliphatic carboxylic acids is 1. The second-order valence-electron chi connectivity index (χ2n) is 4.34. The van der Waals surface area contributed by atoms with E-state index in [1.807, 2.05) is 0 Å². The van der Waals surface area contributed by atoms with E-state index in [1.165, 1.54) is 0 Å². The predicted molar refractivity (Wildman–Crippen MR) is 68.2 cm³/mol. The fourth-order valence-electron chi connectivity index (χ4n) is 1.38. The smallest absolute Gasteiger partial charge is 0.317 e. The molecule has 1 rings (SSSR count). The molecule has 7 nitrogen and oxygen atoms in total. The molecular formula is C13H18F2O7. The van der Waals surface area contributed by atoms with Gasteiger partial charge in [0.25, 0.3) is 5.92 Å². The first-order valence-electron chi connectivity index (χ1n) is 6.57. The van der Waals surface area contributed by atoms with E-state index in [2.05, 4.69) is 9.47 Å². The molecule has 0 bridgehead atoms. The molecule has 9 heteroatoms. The van der Waals surface area contributed by atoms with Crippen LogP contribution in [-0.4, -0.2) is 47.9 Å². The maximum Gasteiger partial charge on any atom is 0.317 e. The van der Waals surface area contributed by atoms with Crippen LogP contribution in [0.4, 0.5) is 8.78 Å². The van der Waals surface area contributed by atoms with E-state index in [0.29, 0.717) is 0 Å². The highest BCUT2D eigenvalue weighted by Crippen LogP contribution is 2.49. The van der Waals surface area contributed by atoms with Crippen molar-refractivity contribution in [2.45, 2.75) is 39.0 Å². The van der Waals surface area contributed by atoms with Crippen molar-refractivity contribution in [3.05, 3.63) is 0 Å². The normalized spacial score (nSPS) is 17.5. The van der Waals surface area contributed by atoms with E-state index in [9.17, 15) is 28.0 Å². The lowest BCUT2D eigenvalue weighted by atomic mass is 10.2. The average Bonchev–Trinajstić information content (AvgIpc) is 2.99.